The molecule has 4 nitrogen and oxygen atoms in total. The molecule has 2 aromatic carbocycles. The third kappa shape index (κ3) is 2.91. The Balaban J connectivity index is 2.10. The molecule has 0 spiro atoms. The third-order valence-corrected chi connectivity index (χ3v) is 3.91. The molecule has 1 unspecified atom stereocenters. The Bertz CT molecular complexity index is 927. The Hall–Kier alpha value is -2.42. The van der Waals surface area contributed by atoms with Crippen LogP contribution in [0.2, 0.25) is 5.02 Å². The van der Waals surface area contributed by atoms with Gasteiger partial charge in [0.1, 0.15) is 23.2 Å². The number of nitriles is 1. The van der Waals surface area contributed by atoms with Crippen LogP contribution >= 0.6 is 11.6 Å². The zero-order valence-electron chi connectivity index (χ0n) is 12.3. The summed E-state index contributed by atoms with van der Waals surface area (Å²) in [7, 11) is 0. The fourth-order valence-electron chi connectivity index (χ4n) is 2.47. The summed E-state index contributed by atoms with van der Waals surface area (Å²) in [6, 6.07) is 9.74. The van der Waals surface area contributed by atoms with E-state index in [9.17, 15) is 9.50 Å². The summed E-state index contributed by atoms with van der Waals surface area (Å²) in [5.74, 6) is 0.0537. The van der Waals surface area contributed by atoms with Crippen molar-refractivity contribution in [3.05, 3.63) is 52.6 Å². The van der Waals surface area contributed by atoms with Crippen LogP contribution in [0, 0.1) is 17.1 Å². The lowest BCUT2D eigenvalue weighted by atomic mass is 10.0. The van der Waals surface area contributed by atoms with E-state index >= 15 is 0 Å². The number of nitrogens with one attached hydrogen (secondary N) is 1. The monoisotopic (exact) mass is 329 g/mol. The summed E-state index contributed by atoms with van der Waals surface area (Å²) < 4.78 is 13.8. The Kier molecular flexibility index (Phi) is 4.03. The molecular weight excluding hydrogens is 317 g/mol. The normalized spacial score (nSPS) is 12.3. The minimum atomic E-state index is -0.585. The van der Waals surface area contributed by atoms with E-state index in [-0.39, 0.29) is 5.56 Å². The van der Waals surface area contributed by atoms with Crippen LogP contribution in [-0.2, 0) is 6.42 Å². The number of aromatic amines is 1. The number of rotatable bonds is 3. The van der Waals surface area contributed by atoms with Gasteiger partial charge in [0.2, 0.25) is 0 Å². The number of hydrogen-bond acceptors (Lipinski definition) is 3. The van der Waals surface area contributed by atoms with Crippen LogP contribution < -0.4 is 0 Å². The van der Waals surface area contributed by atoms with Crippen LogP contribution in [-0.4, -0.2) is 21.2 Å². The van der Waals surface area contributed by atoms with Crippen molar-refractivity contribution >= 4 is 22.6 Å². The summed E-state index contributed by atoms with van der Waals surface area (Å²) in [5, 5.41) is 18.7. The molecule has 0 fully saturated rings. The van der Waals surface area contributed by atoms with Crippen molar-refractivity contribution < 1.29 is 9.50 Å². The van der Waals surface area contributed by atoms with E-state index in [1.54, 1.807) is 25.1 Å². The standard InChI is InChI=1S/C17H13ClFN3O/c1-9(23)6-15-21-14-5-4-12(16(18)17(14)22-15)10-2-3-11(8-20)13(19)7-10/h2-5,7,9,23H,6H2,1H3,(H,21,22). The molecular formula is C17H13ClFN3O. The molecule has 23 heavy (non-hydrogen) atoms. The predicted molar refractivity (Wildman–Crippen MR) is 86.6 cm³/mol. The smallest absolute Gasteiger partial charge is 0.141 e. The largest absolute Gasteiger partial charge is 0.393 e. The third-order valence-electron chi connectivity index (χ3n) is 3.53. The minimum Gasteiger partial charge on any atom is -0.393 e. The minimum absolute atomic E-state index is 0.00932. The Morgan fingerprint density at radius 2 is 2.17 bits per heavy atom. The van der Waals surface area contributed by atoms with Crippen LogP contribution in [0.25, 0.3) is 22.2 Å². The SMILES string of the molecule is CC(O)Cc1nc2c(Cl)c(-c3ccc(C#N)c(F)c3)ccc2[nH]1. The molecule has 1 heterocycles. The van der Waals surface area contributed by atoms with Crippen molar-refractivity contribution in [1.82, 2.24) is 9.97 Å². The first kappa shape index (κ1) is 15.5. The molecule has 6 heteroatoms. The van der Waals surface area contributed by atoms with Crippen molar-refractivity contribution in [2.24, 2.45) is 0 Å². The highest BCUT2D eigenvalue weighted by Crippen LogP contribution is 2.34. The summed E-state index contributed by atoms with van der Waals surface area (Å²) in [6.07, 6.45) is -0.118. The van der Waals surface area contributed by atoms with Gasteiger partial charge in [-0.3, -0.25) is 0 Å². The average molecular weight is 330 g/mol. The fourth-order valence-corrected chi connectivity index (χ4v) is 2.78. The first-order valence-corrected chi connectivity index (χ1v) is 7.42. The van der Waals surface area contributed by atoms with Crippen LogP contribution in [0.15, 0.2) is 30.3 Å². The molecule has 0 radical (unpaired) electrons. The number of fused-ring (bicyclic) bond motifs is 1. The molecule has 0 saturated carbocycles. The molecule has 3 rings (SSSR count). The Morgan fingerprint density at radius 3 is 2.83 bits per heavy atom. The van der Waals surface area contributed by atoms with Gasteiger partial charge >= 0.3 is 0 Å². The second-order valence-corrected chi connectivity index (χ2v) is 5.74. The van der Waals surface area contributed by atoms with Gasteiger partial charge in [-0.2, -0.15) is 5.26 Å². The van der Waals surface area contributed by atoms with Crippen molar-refractivity contribution in [2.75, 3.05) is 0 Å². The summed E-state index contributed by atoms with van der Waals surface area (Å²) in [4.78, 5) is 7.50. The van der Waals surface area contributed by atoms with E-state index in [0.717, 1.165) is 5.52 Å². The highest BCUT2D eigenvalue weighted by atomic mass is 35.5. The van der Waals surface area contributed by atoms with Gasteiger partial charge in [0.15, 0.2) is 0 Å². The van der Waals surface area contributed by atoms with Crippen LogP contribution in [0.5, 0.6) is 0 Å². The predicted octanol–water partition coefficient (Wildman–Crippen LogP) is 3.82. The summed E-state index contributed by atoms with van der Waals surface area (Å²) in [5.41, 5.74) is 2.53. The number of benzene rings is 2. The second-order valence-electron chi connectivity index (χ2n) is 5.37. The van der Waals surface area contributed by atoms with Crippen molar-refractivity contribution in [1.29, 1.82) is 5.26 Å². The Morgan fingerprint density at radius 1 is 1.39 bits per heavy atom. The van der Waals surface area contributed by atoms with Gasteiger partial charge in [0.05, 0.1) is 22.2 Å². The number of aliphatic hydroxyl groups excluding tert-OH is 1. The quantitative estimate of drug-likeness (QED) is 0.767. The van der Waals surface area contributed by atoms with Gasteiger partial charge in [-0.25, -0.2) is 9.37 Å². The first-order valence-electron chi connectivity index (χ1n) is 7.04. The highest BCUT2D eigenvalue weighted by Gasteiger charge is 2.14. The molecule has 116 valence electrons. The number of hydrogen-bond donors (Lipinski definition) is 2. The summed E-state index contributed by atoms with van der Waals surface area (Å²) >= 11 is 6.42. The molecule has 0 saturated heterocycles. The molecule has 0 aliphatic carbocycles. The maximum absolute atomic E-state index is 13.8. The van der Waals surface area contributed by atoms with Gasteiger partial charge in [0.25, 0.3) is 0 Å². The van der Waals surface area contributed by atoms with Crippen LogP contribution in [0.4, 0.5) is 4.39 Å². The number of H-pyrrole nitrogens is 1. The maximum atomic E-state index is 13.8. The van der Waals surface area contributed by atoms with E-state index in [0.29, 0.717) is 33.9 Å². The molecule has 0 aliphatic heterocycles. The number of halogens is 2. The zero-order valence-corrected chi connectivity index (χ0v) is 13.0. The van der Waals surface area contributed by atoms with Gasteiger partial charge in [-0.15, -0.1) is 0 Å². The van der Waals surface area contributed by atoms with E-state index < -0.39 is 11.9 Å². The lowest BCUT2D eigenvalue weighted by molar-refractivity contribution is 0.193. The molecule has 1 atom stereocenters. The Labute approximate surface area is 137 Å². The molecule has 2 N–H and O–H groups in total. The number of aliphatic hydroxyl groups is 1. The van der Waals surface area contributed by atoms with E-state index in [2.05, 4.69) is 9.97 Å². The van der Waals surface area contributed by atoms with Gasteiger partial charge in [-0.1, -0.05) is 23.7 Å². The van der Waals surface area contributed by atoms with Crippen LogP contribution in [0.3, 0.4) is 0 Å². The number of nitrogens with zero attached hydrogens (tertiary/aromatic N) is 2. The molecule has 1 aromatic heterocycles. The molecule has 0 amide bonds. The lowest BCUT2D eigenvalue weighted by Crippen LogP contribution is -2.05. The maximum Gasteiger partial charge on any atom is 0.141 e. The van der Waals surface area contributed by atoms with E-state index in [1.807, 2.05) is 6.07 Å². The van der Waals surface area contributed by atoms with Crippen molar-refractivity contribution in [3.8, 4) is 17.2 Å². The van der Waals surface area contributed by atoms with Gasteiger partial charge < -0.3 is 10.1 Å². The first-order chi connectivity index (χ1) is 11.0. The van der Waals surface area contributed by atoms with Crippen molar-refractivity contribution in [3.63, 3.8) is 0 Å². The topological polar surface area (TPSA) is 72.7 Å². The van der Waals surface area contributed by atoms with Crippen LogP contribution in [0.1, 0.15) is 18.3 Å². The molecule has 0 aliphatic rings. The molecule has 0 bridgehead atoms. The van der Waals surface area contributed by atoms with Gasteiger partial charge in [-0.05, 0) is 30.7 Å². The zero-order chi connectivity index (χ0) is 16.6. The van der Waals surface area contributed by atoms with Gasteiger partial charge in [0, 0.05) is 12.0 Å². The number of imidazole rings is 1. The lowest BCUT2D eigenvalue weighted by Gasteiger charge is -2.06. The molecule has 3 aromatic rings. The van der Waals surface area contributed by atoms with E-state index in [4.69, 9.17) is 16.9 Å². The second kappa shape index (κ2) is 5.99. The number of aromatic nitrogens is 2. The fraction of sp³-hybridized carbons (Fsp3) is 0.176. The van der Waals surface area contributed by atoms with Crippen molar-refractivity contribution in [2.45, 2.75) is 19.4 Å². The summed E-state index contributed by atoms with van der Waals surface area (Å²) in [6.45, 7) is 1.68. The average Bonchev–Trinajstić information content (AvgIpc) is 2.90. The highest BCUT2D eigenvalue weighted by molar-refractivity contribution is 6.37. The van der Waals surface area contributed by atoms with E-state index in [1.165, 1.54) is 12.1 Å².